The molecule has 2 aromatic rings. The average Bonchev–Trinajstić information content (AvgIpc) is 2.98. The van der Waals surface area contributed by atoms with Crippen molar-refractivity contribution in [2.45, 2.75) is 43.3 Å². The SMILES string of the molecule is CC1(C)CC(=O)C2=C(C1)N(c1ccc(Cl)c(Cl)c1)C(=O)[C@@]2(NS(=O)(=O)c1ccccc1)C(F)(F)F. The Balaban J connectivity index is 2.01. The van der Waals surface area contributed by atoms with Gasteiger partial charge in [0.1, 0.15) is 0 Å². The lowest BCUT2D eigenvalue weighted by atomic mass is 9.72. The molecule has 0 saturated carbocycles. The highest BCUT2D eigenvalue weighted by Gasteiger charge is 2.72. The molecule has 1 aliphatic carbocycles. The summed E-state index contributed by atoms with van der Waals surface area (Å²) in [7, 11) is -4.89. The third kappa shape index (κ3) is 4.16. The summed E-state index contributed by atoms with van der Waals surface area (Å²) in [4.78, 5) is 27.1. The summed E-state index contributed by atoms with van der Waals surface area (Å²) in [6.45, 7) is 3.35. The fourth-order valence-electron chi connectivity index (χ4n) is 4.47. The van der Waals surface area contributed by atoms with Crippen LogP contribution in [0.4, 0.5) is 18.9 Å². The Labute approximate surface area is 209 Å². The van der Waals surface area contributed by atoms with Crippen LogP contribution in [0.1, 0.15) is 26.7 Å². The molecule has 0 aromatic heterocycles. The number of hydrogen-bond donors (Lipinski definition) is 1. The number of nitrogens with zero attached hydrogens (tertiary/aromatic N) is 1. The van der Waals surface area contributed by atoms with Crippen molar-refractivity contribution >= 4 is 50.6 Å². The molecule has 2 aromatic carbocycles. The Morgan fingerprint density at radius 1 is 0.971 bits per heavy atom. The van der Waals surface area contributed by atoms with E-state index in [4.69, 9.17) is 23.2 Å². The third-order valence-electron chi connectivity index (χ3n) is 5.95. The van der Waals surface area contributed by atoms with Crippen LogP contribution >= 0.6 is 23.2 Å². The van der Waals surface area contributed by atoms with E-state index in [1.165, 1.54) is 36.4 Å². The molecule has 1 atom stereocenters. The van der Waals surface area contributed by atoms with Crippen LogP contribution in [0.25, 0.3) is 0 Å². The summed E-state index contributed by atoms with van der Waals surface area (Å²) in [6, 6.07) is 10.1. The second-order valence-corrected chi connectivity index (χ2v) is 11.7. The molecule has 0 bridgehead atoms. The van der Waals surface area contributed by atoms with E-state index in [1.54, 1.807) is 18.6 Å². The molecule has 1 amide bonds. The van der Waals surface area contributed by atoms with Crippen molar-refractivity contribution < 1.29 is 31.2 Å². The molecule has 4 rings (SSSR count). The van der Waals surface area contributed by atoms with Crippen molar-refractivity contribution in [3.8, 4) is 0 Å². The summed E-state index contributed by atoms with van der Waals surface area (Å²) in [6.07, 6.45) is -5.89. The number of Topliss-reactive ketones (excluding diaryl/α,β-unsaturated/α-hetero) is 1. The van der Waals surface area contributed by atoms with Crippen molar-refractivity contribution in [3.63, 3.8) is 0 Å². The number of nitrogens with one attached hydrogen (secondary N) is 1. The van der Waals surface area contributed by atoms with Gasteiger partial charge in [-0.2, -0.15) is 17.9 Å². The second-order valence-electron chi connectivity index (χ2n) is 9.17. The van der Waals surface area contributed by atoms with Gasteiger partial charge in [0.2, 0.25) is 15.6 Å². The highest BCUT2D eigenvalue weighted by molar-refractivity contribution is 7.89. The highest BCUT2D eigenvalue weighted by Crippen LogP contribution is 2.53. The first kappa shape index (κ1) is 25.7. The number of allylic oxidation sites excluding steroid dienone is 1. The molecular weight excluding hydrogens is 528 g/mol. The third-order valence-corrected chi connectivity index (χ3v) is 8.16. The molecule has 0 spiro atoms. The molecule has 12 heteroatoms. The lowest BCUT2D eigenvalue weighted by molar-refractivity contribution is -0.184. The lowest BCUT2D eigenvalue weighted by Gasteiger charge is -2.35. The summed E-state index contributed by atoms with van der Waals surface area (Å²) in [5.41, 5.74) is -5.85. The predicted molar refractivity (Wildman–Crippen MR) is 125 cm³/mol. The summed E-state index contributed by atoms with van der Waals surface area (Å²) in [5, 5.41) is 0.0677. The van der Waals surface area contributed by atoms with E-state index in [0.29, 0.717) is 0 Å². The van der Waals surface area contributed by atoms with E-state index in [2.05, 4.69) is 0 Å². The number of anilines is 1. The maximum Gasteiger partial charge on any atom is 0.421 e. The van der Waals surface area contributed by atoms with Gasteiger partial charge in [-0.05, 0) is 42.2 Å². The molecule has 0 unspecified atom stereocenters. The normalized spacial score (nSPS) is 22.5. The Morgan fingerprint density at radius 2 is 1.60 bits per heavy atom. The maximum absolute atomic E-state index is 14.9. The van der Waals surface area contributed by atoms with Gasteiger partial charge >= 0.3 is 6.18 Å². The number of halogens is 5. The molecule has 0 radical (unpaired) electrons. The zero-order valence-electron chi connectivity index (χ0n) is 18.4. The first-order valence-electron chi connectivity index (χ1n) is 10.3. The molecule has 6 nitrogen and oxygen atoms in total. The number of rotatable bonds is 4. The van der Waals surface area contributed by atoms with Gasteiger partial charge in [0, 0.05) is 12.1 Å². The van der Waals surface area contributed by atoms with Gasteiger partial charge in [0.15, 0.2) is 5.78 Å². The van der Waals surface area contributed by atoms with Crippen LogP contribution in [0.15, 0.2) is 64.7 Å². The number of carbonyl (C=O) groups is 2. The molecule has 1 aliphatic heterocycles. The molecule has 35 heavy (non-hydrogen) atoms. The van der Waals surface area contributed by atoms with Gasteiger partial charge < -0.3 is 0 Å². The number of sulfonamides is 1. The van der Waals surface area contributed by atoms with Crippen LogP contribution in [0.3, 0.4) is 0 Å². The highest BCUT2D eigenvalue weighted by atomic mass is 35.5. The Bertz CT molecular complexity index is 1370. The van der Waals surface area contributed by atoms with E-state index < -0.39 is 49.3 Å². The topological polar surface area (TPSA) is 83.6 Å². The van der Waals surface area contributed by atoms with E-state index in [9.17, 15) is 31.2 Å². The average molecular weight is 547 g/mol. The van der Waals surface area contributed by atoms with Crippen molar-refractivity contribution in [3.05, 3.63) is 69.8 Å². The number of alkyl halides is 3. The minimum atomic E-state index is -5.49. The Hall–Kier alpha value is -2.40. The summed E-state index contributed by atoms with van der Waals surface area (Å²) in [5.74, 6) is -2.64. The van der Waals surface area contributed by atoms with Crippen LogP contribution in [-0.4, -0.2) is 31.8 Å². The van der Waals surface area contributed by atoms with Crippen molar-refractivity contribution in [1.82, 2.24) is 4.72 Å². The second kappa shape index (κ2) is 8.33. The van der Waals surface area contributed by atoms with E-state index in [0.717, 1.165) is 17.0 Å². The van der Waals surface area contributed by atoms with Crippen molar-refractivity contribution in [2.24, 2.45) is 5.41 Å². The van der Waals surface area contributed by atoms with Gasteiger partial charge in [-0.1, -0.05) is 55.2 Å². The standard InChI is InChI=1S/C23H19Cl2F3N2O4S/c1-21(2)11-17-19(18(31)12-21)22(23(26,27)28,29-35(33,34)14-6-4-3-5-7-14)20(32)30(17)13-8-9-15(24)16(25)10-13/h3-10,29H,11-12H2,1-2H3/t22-/m1/s1. The van der Waals surface area contributed by atoms with Crippen LogP contribution in [0.5, 0.6) is 0 Å². The molecule has 186 valence electrons. The molecule has 0 saturated heterocycles. The van der Waals surface area contributed by atoms with Gasteiger partial charge in [-0.15, -0.1) is 0 Å². The molecular formula is C23H19Cl2F3N2O4S. The van der Waals surface area contributed by atoms with Crippen molar-refractivity contribution in [2.75, 3.05) is 4.90 Å². The van der Waals surface area contributed by atoms with E-state index in [1.807, 2.05) is 0 Å². The van der Waals surface area contributed by atoms with Crippen LogP contribution < -0.4 is 9.62 Å². The minimum absolute atomic E-state index is 0.0325. The lowest BCUT2D eigenvalue weighted by Crippen LogP contribution is -2.66. The Kier molecular flexibility index (Phi) is 6.11. The number of hydrogen-bond acceptors (Lipinski definition) is 4. The Morgan fingerprint density at radius 3 is 2.17 bits per heavy atom. The van der Waals surface area contributed by atoms with Crippen LogP contribution in [0.2, 0.25) is 10.0 Å². The van der Waals surface area contributed by atoms with Crippen molar-refractivity contribution in [1.29, 1.82) is 0 Å². The van der Waals surface area contributed by atoms with Gasteiger partial charge in [0.25, 0.3) is 5.91 Å². The molecule has 1 heterocycles. The predicted octanol–water partition coefficient (Wildman–Crippen LogP) is 5.26. The largest absolute Gasteiger partial charge is 0.421 e. The smallest absolute Gasteiger partial charge is 0.294 e. The summed E-state index contributed by atoms with van der Waals surface area (Å²) >= 11 is 12.0. The molecule has 2 aliphatic rings. The molecule has 0 fully saturated rings. The number of carbonyl (C=O) groups excluding carboxylic acids is 2. The molecule has 1 N–H and O–H groups in total. The fraction of sp³-hybridized carbons (Fsp3) is 0.304. The zero-order chi connectivity index (χ0) is 26.0. The summed E-state index contributed by atoms with van der Waals surface area (Å²) < 4.78 is 72.4. The minimum Gasteiger partial charge on any atom is -0.294 e. The quantitative estimate of drug-likeness (QED) is 0.566. The van der Waals surface area contributed by atoms with Crippen LogP contribution in [-0.2, 0) is 19.6 Å². The first-order valence-corrected chi connectivity index (χ1v) is 12.6. The monoisotopic (exact) mass is 546 g/mol. The number of amides is 1. The first-order chi connectivity index (χ1) is 16.1. The van der Waals surface area contributed by atoms with E-state index >= 15 is 0 Å². The van der Waals surface area contributed by atoms with Gasteiger partial charge in [0.05, 0.1) is 26.2 Å². The maximum atomic E-state index is 14.9. The van der Waals surface area contributed by atoms with Crippen LogP contribution in [0, 0.1) is 5.41 Å². The van der Waals surface area contributed by atoms with Gasteiger partial charge in [-0.3, -0.25) is 14.5 Å². The number of benzene rings is 2. The van der Waals surface area contributed by atoms with Gasteiger partial charge in [-0.25, -0.2) is 8.42 Å². The van der Waals surface area contributed by atoms with E-state index in [-0.39, 0.29) is 34.3 Å². The fourth-order valence-corrected chi connectivity index (χ4v) is 6.11. The number of ketones is 1. The zero-order valence-corrected chi connectivity index (χ0v) is 20.7.